The fraction of sp³-hybridized carbons (Fsp3) is 0.435. The van der Waals surface area contributed by atoms with Crippen LogP contribution < -0.4 is 5.32 Å². The van der Waals surface area contributed by atoms with Crippen LogP contribution in [0.3, 0.4) is 0 Å². The minimum absolute atomic E-state index is 0.113. The number of amides is 1. The molecule has 27 heavy (non-hydrogen) atoms. The highest BCUT2D eigenvalue weighted by Gasteiger charge is 2.25. The second kappa shape index (κ2) is 9.67. The van der Waals surface area contributed by atoms with Crippen molar-refractivity contribution in [2.75, 3.05) is 39.8 Å². The Balaban J connectivity index is 1.46. The first-order valence-corrected chi connectivity index (χ1v) is 9.92. The SMILES string of the molecule is Cc1ccccc1CC(=O)NCCCN1CCN(C)C[C@@H]1c1ccccc1. The second-order valence-electron chi connectivity index (χ2n) is 7.53. The number of hydrogen-bond donors (Lipinski definition) is 1. The van der Waals surface area contributed by atoms with Crippen LogP contribution in [0, 0.1) is 6.92 Å². The number of aryl methyl sites for hydroxylation is 1. The van der Waals surface area contributed by atoms with Gasteiger partial charge in [-0.25, -0.2) is 0 Å². The molecule has 0 radical (unpaired) electrons. The van der Waals surface area contributed by atoms with Crippen molar-refractivity contribution >= 4 is 5.91 Å². The largest absolute Gasteiger partial charge is 0.356 e. The van der Waals surface area contributed by atoms with Crippen LogP contribution in [0.5, 0.6) is 0 Å². The van der Waals surface area contributed by atoms with E-state index in [2.05, 4.69) is 65.5 Å². The van der Waals surface area contributed by atoms with Crippen molar-refractivity contribution in [3.63, 3.8) is 0 Å². The Hall–Kier alpha value is -2.17. The number of carbonyl (C=O) groups is 1. The van der Waals surface area contributed by atoms with Gasteiger partial charge in [0.1, 0.15) is 0 Å². The average Bonchev–Trinajstić information content (AvgIpc) is 2.68. The highest BCUT2D eigenvalue weighted by molar-refractivity contribution is 5.78. The molecule has 0 bridgehead atoms. The maximum atomic E-state index is 12.2. The summed E-state index contributed by atoms with van der Waals surface area (Å²) in [6.45, 7) is 7.04. The summed E-state index contributed by atoms with van der Waals surface area (Å²) in [5.41, 5.74) is 3.67. The Morgan fingerprint density at radius 3 is 2.59 bits per heavy atom. The third kappa shape index (κ3) is 5.65. The molecule has 4 nitrogen and oxygen atoms in total. The van der Waals surface area contributed by atoms with Gasteiger partial charge in [0.15, 0.2) is 0 Å². The van der Waals surface area contributed by atoms with Gasteiger partial charge in [0.25, 0.3) is 0 Å². The molecule has 1 aliphatic rings. The minimum Gasteiger partial charge on any atom is -0.356 e. The van der Waals surface area contributed by atoms with Crippen molar-refractivity contribution in [1.29, 1.82) is 0 Å². The van der Waals surface area contributed by atoms with E-state index in [-0.39, 0.29) is 5.91 Å². The summed E-state index contributed by atoms with van der Waals surface area (Å²) >= 11 is 0. The summed E-state index contributed by atoms with van der Waals surface area (Å²) in [5, 5.41) is 3.09. The number of hydrogen-bond acceptors (Lipinski definition) is 3. The Morgan fingerprint density at radius 2 is 1.81 bits per heavy atom. The molecule has 0 aromatic heterocycles. The topological polar surface area (TPSA) is 35.6 Å². The van der Waals surface area contributed by atoms with E-state index >= 15 is 0 Å². The summed E-state index contributed by atoms with van der Waals surface area (Å²) in [4.78, 5) is 17.2. The molecule has 1 fully saturated rings. The normalized spacial score (nSPS) is 18.4. The first kappa shape index (κ1) is 19.6. The van der Waals surface area contributed by atoms with Crippen LogP contribution in [0.15, 0.2) is 54.6 Å². The zero-order valence-electron chi connectivity index (χ0n) is 16.5. The molecule has 3 rings (SSSR count). The maximum absolute atomic E-state index is 12.2. The summed E-state index contributed by atoms with van der Waals surface area (Å²) in [6, 6.07) is 19.3. The molecule has 2 aromatic carbocycles. The molecule has 2 aromatic rings. The van der Waals surface area contributed by atoms with Crippen molar-refractivity contribution in [1.82, 2.24) is 15.1 Å². The van der Waals surface area contributed by atoms with Gasteiger partial charge in [0.05, 0.1) is 6.42 Å². The first-order chi connectivity index (χ1) is 13.1. The van der Waals surface area contributed by atoms with Gasteiger partial charge in [0, 0.05) is 38.8 Å². The third-order valence-corrected chi connectivity index (χ3v) is 5.44. The van der Waals surface area contributed by atoms with Crippen molar-refractivity contribution in [2.24, 2.45) is 0 Å². The number of rotatable bonds is 7. The molecule has 1 amide bonds. The Labute approximate surface area is 163 Å². The average molecular weight is 366 g/mol. The van der Waals surface area contributed by atoms with Crippen LogP contribution in [0.2, 0.25) is 0 Å². The van der Waals surface area contributed by atoms with Gasteiger partial charge in [-0.2, -0.15) is 0 Å². The summed E-state index contributed by atoms with van der Waals surface area (Å²) in [5.74, 6) is 0.113. The maximum Gasteiger partial charge on any atom is 0.224 e. The predicted molar refractivity (Wildman–Crippen MR) is 111 cm³/mol. The van der Waals surface area contributed by atoms with Crippen molar-refractivity contribution in [3.05, 3.63) is 71.3 Å². The lowest BCUT2D eigenvalue weighted by atomic mass is 10.0. The Morgan fingerprint density at radius 1 is 1.07 bits per heavy atom. The van der Waals surface area contributed by atoms with Crippen LogP contribution in [0.1, 0.15) is 29.2 Å². The quantitative estimate of drug-likeness (QED) is 0.766. The molecule has 0 unspecified atom stereocenters. The van der Waals surface area contributed by atoms with E-state index in [0.29, 0.717) is 12.5 Å². The lowest BCUT2D eigenvalue weighted by Crippen LogP contribution is -2.47. The fourth-order valence-electron chi connectivity index (χ4n) is 3.77. The highest BCUT2D eigenvalue weighted by atomic mass is 16.1. The molecule has 1 aliphatic heterocycles. The van der Waals surface area contributed by atoms with Gasteiger partial charge < -0.3 is 10.2 Å². The molecule has 0 spiro atoms. The van der Waals surface area contributed by atoms with Crippen LogP contribution >= 0.6 is 0 Å². The molecular weight excluding hydrogens is 334 g/mol. The first-order valence-electron chi connectivity index (χ1n) is 9.92. The minimum atomic E-state index is 0.113. The van der Waals surface area contributed by atoms with Gasteiger partial charge in [-0.3, -0.25) is 9.69 Å². The molecule has 1 atom stereocenters. The standard InChI is InChI=1S/C23H31N3O/c1-19-9-6-7-12-21(19)17-23(27)24-13-8-14-26-16-15-25(2)18-22(26)20-10-4-3-5-11-20/h3-7,9-12,22H,8,13-18H2,1-2H3,(H,24,27)/t22-/m1/s1. The zero-order chi connectivity index (χ0) is 19.1. The molecule has 144 valence electrons. The number of piperazine rings is 1. The second-order valence-corrected chi connectivity index (χ2v) is 7.53. The zero-order valence-corrected chi connectivity index (χ0v) is 16.5. The molecule has 0 saturated carbocycles. The van der Waals surface area contributed by atoms with Gasteiger partial charge >= 0.3 is 0 Å². The number of carbonyl (C=O) groups excluding carboxylic acids is 1. The van der Waals surface area contributed by atoms with E-state index in [1.165, 1.54) is 11.1 Å². The highest BCUT2D eigenvalue weighted by Crippen LogP contribution is 2.24. The van der Waals surface area contributed by atoms with Crippen LogP contribution in [0.25, 0.3) is 0 Å². The molecule has 1 N–H and O–H groups in total. The van der Waals surface area contributed by atoms with E-state index in [0.717, 1.165) is 44.7 Å². The monoisotopic (exact) mass is 365 g/mol. The van der Waals surface area contributed by atoms with Crippen LogP contribution in [-0.4, -0.2) is 55.5 Å². The molecule has 1 heterocycles. The van der Waals surface area contributed by atoms with Gasteiger partial charge in [-0.05, 0) is 37.1 Å². The molecule has 1 saturated heterocycles. The summed E-state index contributed by atoms with van der Waals surface area (Å²) in [7, 11) is 2.19. The smallest absolute Gasteiger partial charge is 0.224 e. The van der Waals surface area contributed by atoms with E-state index in [1.54, 1.807) is 0 Å². The fourth-order valence-corrected chi connectivity index (χ4v) is 3.77. The molecular formula is C23H31N3O. The number of nitrogens with zero attached hydrogens (tertiary/aromatic N) is 2. The third-order valence-electron chi connectivity index (χ3n) is 5.44. The van der Waals surface area contributed by atoms with Crippen LogP contribution in [0.4, 0.5) is 0 Å². The molecule has 0 aliphatic carbocycles. The predicted octanol–water partition coefficient (Wildman–Crippen LogP) is 3.03. The van der Waals surface area contributed by atoms with E-state index in [1.807, 2.05) is 18.2 Å². The van der Waals surface area contributed by atoms with Gasteiger partial charge in [-0.1, -0.05) is 54.6 Å². The van der Waals surface area contributed by atoms with Gasteiger partial charge in [-0.15, -0.1) is 0 Å². The lowest BCUT2D eigenvalue weighted by Gasteiger charge is -2.40. The summed E-state index contributed by atoms with van der Waals surface area (Å²) < 4.78 is 0. The van der Waals surface area contributed by atoms with E-state index in [4.69, 9.17) is 0 Å². The van der Waals surface area contributed by atoms with Crippen molar-refractivity contribution in [2.45, 2.75) is 25.8 Å². The number of benzene rings is 2. The van der Waals surface area contributed by atoms with Gasteiger partial charge in [0.2, 0.25) is 5.91 Å². The van der Waals surface area contributed by atoms with E-state index < -0.39 is 0 Å². The number of nitrogens with one attached hydrogen (secondary N) is 1. The van der Waals surface area contributed by atoms with Crippen molar-refractivity contribution < 1.29 is 4.79 Å². The Bertz CT molecular complexity index is 731. The van der Waals surface area contributed by atoms with E-state index in [9.17, 15) is 4.79 Å². The number of likely N-dealkylation sites (N-methyl/N-ethyl adjacent to an activating group) is 1. The molecule has 4 heteroatoms. The summed E-state index contributed by atoms with van der Waals surface area (Å²) in [6.07, 6.45) is 1.44. The Kier molecular flexibility index (Phi) is 7.02. The van der Waals surface area contributed by atoms with Crippen LogP contribution in [-0.2, 0) is 11.2 Å². The van der Waals surface area contributed by atoms with Crippen molar-refractivity contribution in [3.8, 4) is 0 Å². The lowest BCUT2D eigenvalue weighted by molar-refractivity contribution is -0.120.